The molecule has 1 saturated heterocycles. The first-order chi connectivity index (χ1) is 9.45. The maximum Gasteiger partial charge on any atom is 0.305 e. The van der Waals surface area contributed by atoms with Crippen molar-refractivity contribution in [3.63, 3.8) is 0 Å². The minimum Gasteiger partial charge on any atom is -0.481 e. The van der Waals surface area contributed by atoms with E-state index in [0.717, 1.165) is 11.8 Å². The lowest BCUT2D eigenvalue weighted by Crippen LogP contribution is -2.26. The zero-order valence-electron chi connectivity index (χ0n) is 9.98. The SMILES string of the molecule is O=C(O)CC1SC(=Nc2ccc([N+](=O)[O-])cc2)NC1=O. The van der Waals surface area contributed by atoms with Gasteiger partial charge in [0.1, 0.15) is 5.25 Å². The summed E-state index contributed by atoms with van der Waals surface area (Å²) >= 11 is 1.03. The van der Waals surface area contributed by atoms with Crippen molar-refractivity contribution in [2.24, 2.45) is 4.99 Å². The second kappa shape index (κ2) is 5.70. The number of benzene rings is 1. The molecule has 1 unspecified atom stereocenters. The van der Waals surface area contributed by atoms with Crippen LogP contribution in [0.1, 0.15) is 6.42 Å². The van der Waals surface area contributed by atoms with E-state index in [0.29, 0.717) is 5.69 Å². The van der Waals surface area contributed by atoms with Gasteiger partial charge in [0.2, 0.25) is 5.91 Å². The summed E-state index contributed by atoms with van der Waals surface area (Å²) in [6.45, 7) is 0. The van der Waals surface area contributed by atoms with Crippen LogP contribution in [0, 0.1) is 10.1 Å². The average Bonchev–Trinajstić information content (AvgIpc) is 2.69. The van der Waals surface area contributed by atoms with Crippen LogP contribution >= 0.6 is 11.8 Å². The van der Waals surface area contributed by atoms with Crippen LogP contribution in [0.2, 0.25) is 0 Å². The number of carbonyl (C=O) groups is 2. The standard InChI is InChI=1S/C11H9N3O5S/c15-9(16)5-8-10(17)13-11(20-8)12-6-1-3-7(4-2-6)14(18)19/h1-4,8H,5H2,(H,15,16)(H,12,13,17). The number of carboxylic acid groups (broad SMARTS) is 1. The lowest BCUT2D eigenvalue weighted by molar-refractivity contribution is -0.384. The third-order valence-electron chi connectivity index (χ3n) is 2.43. The van der Waals surface area contributed by atoms with E-state index < -0.39 is 22.0 Å². The maximum atomic E-state index is 11.5. The molecule has 0 aliphatic carbocycles. The molecule has 1 aliphatic heterocycles. The van der Waals surface area contributed by atoms with Crippen LogP contribution in [-0.4, -0.2) is 32.3 Å². The molecular weight excluding hydrogens is 286 g/mol. The predicted molar refractivity (Wildman–Crippen MR) is 72.0 cm³/mol. The molecule has 1 fully saturated rings. The topological polar surface area (TPSA) is 122 Å². The number of nitro groups is 1. The van der Waals surface area contributed by atoms with Gasteiger partial charge in [-0.05, 0) is 12.1 Å². The van der Waals surface area contributed by atoms with E-state index >= 15 is 0 Å². The van der Waals surface area contributed by atoms with Crippen LogP contribution in [0.5, 0.6) is 0 Å². The molecular formula is C11H9N3O5S. The molecule has 104 valence electrons. The lowest BCUT2D eigenvalue weighted by Gasteiger charge is -1.98. The smallest absolute Gasteiger partial charge is 0.305 e. The van der Waals surface area contributed by atoms with E-state index in [1.54, 1.807) is 0 Å². The van der Waals surface area contributed by atoms with E-state index in [9.17, 15) is 19.7 Å². The number of non-ortho nitro benzene ring substituents is 1. The molecule has 1 amide bonds. The molecule has 0 bridgehead atoms. The summed E-state index contributed by atoms with van der Waals surface area (Å²) in [5, 5.41) is 21.2. The molecule has 1 aliphatic rings. The van der Waals surface area contributed by atoms with Crippen molar-refractivity contribution in [1.29, 1.82) is 0 Å². The first kappa shape index (κ1) is 14.0. The largest absolute Gasteiger partial charge is 0.481 e. The fourth-order valence-corrected chi connectivity index (χ4v) is 2.50. The summed E-state index contributed by atoms with van der Waals surface area (Å²) in [7, 11) is 0. The van der Waals surface area contributed by atoms with Crippen LogP contribution in [0.3, 0.4) is 0 Å². The fraction of sp³-hybridized carbons (Fsp3) is 0.182. The lowest BCUT2D eigenvalue weighted by atomic mass is 10.3. The molecule has 0 spiro atoms. The number of carboxylic acids is 1. The Kier molecular flexibility index (Phi) is 3.99. The molecule has 1 heterocycles. The molecule has 0 aromatic heterocycles. The Bertz CT molecular complexity index is 599. The van der Waals surface area contributed by atoms with E-state index in [1.165, 1.54) is 24.3 Å². The Balaban J connectivity index is 2.10. The van der Waals surface area contributed by atoms with Gasteiger partial charge in [-0.15, -0.1) is 0 Å². The molecule has 9 heteroatoms. The number of thioether (sulfide) groups is 1. The van der Waals surface area contributed by atoms with Gasteiger partial charge in [-0.3, -0.25) is 19.7 Å². The molecule has 1 aromatic rings. The van der Waals surface area contributed by atoms with Crippen molar-refractivity contribution < 1.29 is 19.6 Å². The predicted octanol–water partition coefficient (Wildman–Crippen LogP) is 1.29. The minimum atomic E-state index is -1.06. The van der Waals surface area contributed by atoms with Crippen LogP contribution < -0.4 is 5.32 Å². The van der Waals surface area contributed by atoms with Crippen LogP contribution in [0.25, 0.3) is 0 Å². The Hall–Kier alpha value is -2.42. The van der Waals surface area contributed by atoms with Crippen LogP contribution in [0.4, 0.5) is 11.4 Å². The number of carbonyl (C=O) groups excluding carboxylic acids is 1. The summed E-state index contributed by atoms with van der Waals surface area (Å²) < 4.78 is 0. The van der Waals surface area contributed by atoms with E-state index in [4.69, 9.17) is 5.11 Å². The van der Waals surface area contributed by atoms with Gasteiger partial charge in [0.25, 0.3) is 5.69 Å². The van der Waals surface area contributed by atoms with Crippen LogP contribution in [-0.2, 0) is 9.59 Å². The van der Waals surface area contributed by atoms with Crippen molar-refractivity contribution in [2.75, 3.05) is 0 Å². The Morgan fingerprint density at radius 2 is 2.10 bits per heavy atom. The molecule has 1 aromatic carbocycles. The number of aliphatic carboxylic acids is 1. The van der Waals surface area contributed by atoms with Crippen molar-refractivity contribution in [3.05, 3.63) is 34.4 Å². The van der Waals surface area contributed by atoms with Gasteiger partial charge in [-0.2, -0.15) is 0 Å². The van der Waals surface area contributed by atoms with Gasteiger partial charge in [0, 0.05) is 12.1 Å². The van der Waals surface area contributed by atoms with Gasteiger partial charge < -0.3 is 10.4 Å². The number of hydrogen-bond donors (Lipinski definition) is 2. The summed E-state index contributed by atoms with van der Waals surface area (Å²) in [5.41, 5.74) is 0.384. The molecule has 0 radical (unpaired) electrons. The monoisotopic (exact) mass is 295 g/mol. The minimum absolute atomic E-state index is 0.0548. The summed E-state index contributed by atoms with van der Waals surface area (Å²) in [4.78, 5) is 36.1. The molecule has 1 atom stereocenters. The Morgan fingerprint density at radius 3 is 2.65 bits per heavy atom. The van der Waals surface area contributed by atoms with Crippen molar-refractivity contribution in [1.82, 2.24) is 5.32 Å². The highest BCUT2D eigenvalue weighted by atomic mass is 32.2. The summed E-state index contributed by atoms with van der Waals surface area (Å²) in [6, 6.07) is 5.50. The number of nitrogens with one attached hydrogen (secondary N) is 1. The Labute approximate surface area is 117 Å². The summed E-state index contributed by atoms with van der Waals surface area (Å²) in [5.74, 6) is -1.47. The number of rotatable bonds is 4. The second-order valence-electron chi connectivity index (χ2n) is 3.88. The van der Waals surface area contributed by atoms with Gasteiger partial charge in [-0.1, -0.05) is 11.8 Å². The van der Waals surface area contributed by atoms with Gasteiger partial charge in [0.15, 0.2) is 5.17 Å². The third kappa shape index (κ3) is 3.32. The number of nitrogens with zero attached hydrogens (tertiary/aromatic N) is 2. The first-order valence-corrected chi connectivity index (χ1v) is 6.36. The molecule has 20 heavy (non-hydrogen) atoms. The number of aliphatic imine (C=N–C) groups is 1. The first-order valence-electron chi connectivity index (χ1n) is 5.48. The number of amides is 1. The van der Waals surface area contributed by atoms with Crippen molar-refractivity contribution >= 4 is 40.2 Å². The number of nitro benzene ring substituents is 1. The second-order valence-corrected chi connectivity index (χ2v) is 5.08. The van der Waals surface area contributed by atoms with Crippen LogP contribution in [0.15, 0.2) is 29.3 Å². The van der Waals surface area contributed by atoms with Crippen molar-refractivity contribution in [2.45, 2.75) is 11.7 Å². The zero-order valence-corrected chi connectivity index (χ0v) is 10.8. The summed E-state index contributed by atoms with van der Waals surface area (Å²) in [6.07, 6.45) is -0.282. The van der Waals surface area contributed by atoms with E-state index in [2.05, 4.69) is 10.3 Å². The van der Waals surface area contributed by atoms with Gasteiger partial charge in [-0.25, -0.2) is 4.99 Å². The van der Waals surface area contributed by atoms with Crippen molar-refractivity contribution in [3.8, 4) is 0 Å². The fourth-order valence-electron chi connectivity index (χ4n) is 1.52. The van der Waals surface area contributed by atoms with E-state index in [1.807, 2.05) is 0 Å². The van der Waals surface area contributed by atoms with Gasteiger partial charge in [0.05, 0.1) is 17.0 Å². The quantitative estimate of drug-likeness (QED) is 0.637. The highest BCUT2D eigenvalue weighted by molar-refractivity contribution is 8.15. The highest BCUT2D eigenvalue weighted by Crippen LogP contribution is 2.25. The highest BCUT2D eigenvalue weighted by Gasteiger charge is 2.31. The zero-order chi connectivity index (χ0) is 14.7. The Morgan fingerprint density at radius 1 is 1.45 bits per heavy atom. The molecule has 2 N–H and O–H groups in total. The number of hydrogen-bond acceptors (Lipinski definition) is 6. The molecule has 0 saturated carbocycles. The van der Waals surface area contributed by atoms with Gasteiger partial charge >= 0.3 is 5.97 Å². The third-order valence-corrected chi connectivity index (χ3v) is 3.51. The molecule has 8 nitrogen and oxygen atoms in total. The normalized spacial score (nSPS) is 19.9. The maximum absolute atomic E-state index is 11.5. The molecule has 2 rings (SSSR count). The number of amidine groups is 1. The van der Waals surface area contributed by atoms with E-state index in [-0.39, 0.29) is 17.3 Å². The average molecular weight is 295 g/mol.